The molecule has 0 aromatic rings. The minimum atomic E-state index is -0.339. The van der Waals surface area contributed by atoms with E-state index < -0.39 is 0 Å². The van der Waals surface area contributed by atoms with Gasteiger partial charge in [0.15, 0.2) is 0 Å². The van der Waals surface area contributed by atoms with Gasteiger partial charge in [-0.1, -0.05) is 6.08 Å². The van der Waals surface area contributed by atoms with Gasteiger partial charge in [-0.05, 0) is 94.3 Å². The first kappa shape index (κ1) is 15.9. The molecule has 5 aliphatic carbocycles. The Hall–Kier alpha value is -1.32. The Kier molecular flexibility index (Phi) is 3.72. The van der Waals surface area contributed by atoms with Crippen LogP contribution in [-0.4, -0.2) is 28.8 Å². The topological polar surface area (TPSA) is 49.4 Å². The SMILES string of the molecule is O=C(NC12CC3CC(CC(C3)C1)C2)C(=O)N1CCCC2CCCC=C21. The van der Waals surface area contributed by atoms with Crippen molar-refractivity contribution in [2.45, 2.75) is 76.2 Å². The van der Waals surface area contributed by atoms with E-state index in [0.717, 1.165) is 62.1 Å². The Balaban J connectivity index is 1.31. The predicted molar refractivity (Wildman–Crippen MR) is 95.4 cm³/mol. The van der Waals surface area contributed by atoms with Gasteiger partial charge in [-0.2, -0.15) is 0 Å². The second kappa shape index (κ2) is 5.85. The molecular formula is C21H30N2O2. The molecule has 0 radical (unpaired) electrons. The van der Waals surface area contributed by atoms with Gasteiger partial charge in [0.25, 0.3) is 0 Å². The maximum atomic E-state index is 13.0. The Labute approximate surface area is 150 Å². The van der Waals surface area contributed by atoms with Gasteiger partial charge in [-0.3, -0.25) is 9.59 Å². The summed E-state index contributed by atoms with van der Waals surface area (Å²) in [5, 5.41) is 3.26. The van der Waals surface area contributed by atoms with Crippen molar-refractivity contribution in [2.75, 3.05) is 6.54 Å². The van der Waals surface area contributed by atoms with E-state index in [0.29, 0.717) is 5.92 Å². The quantitative estimate of drug-likeness (QED) is 0.743. The van der Waals surface area contributed by atoms with E-state index in [1.165, 1.54) is 38.5 Å². The van der Waals surface area contributed by atoms with Gasteiger partial charge in [0.05, 0.1) is 0 Å². The molecule has 4 nitrogen and oxygen atoms in total. The Morgan fingerprint density at radius 1 is 1.00 bits per heavy atom. The Morgan fingerprint density at radius 3 is 2.32 bits per heavy atom. The molecule has 4 bridgehead atoms. The highest BCUT2D eigenvalue weighted by Gasteiger charge is 2.52. The van der Waals surface area contributed by atoms with Crippen molar-refractivity contribution in [1.82, 2.24) is 10.2 Å². The third-order valence-electron chi connectivity index (χ3n) is 7.63. The average molecular weight is 342 g/mol. The number of allylic oxidation sites excluding steroid dienone is 2. The molecule has 136 valence electrons. The van der Waals surface area contributed by atoms with Crippen LogP contribution in [0.4, 0.5) is 0 Å². The highest BCUT2D eigenvalue weighted by Crippen LogP contribution is 2.55. The van der Waals surface area contributed by atoms with Crippen molar-refractivity contribution >= 4 is 11.8 Å². The lowest BCUT2D eigenvalue weighted by molar-refractivity contribution is -0.148. The molecule has 4 heteroatoms. The highest BCUT2D eigenvalue weighted by molar-refractivity contribution is 6.35. The summed E-state index contributed by atoms with van der Waals surface area (Å²) in [5.41, 5.74) is 1.07. The van der Waals surface area contributed by atoms with E-state index in [1.54, 1.807) is 0 Å². The number of carbonyl (C=O) groups is 2. The predicted octanol–water partition coefficient (Wildman–Crippen LogP) is 3.38. The van der Waals surface area contributed by atoms with Gasteiger partial charge in [-0.15, -0.1) is 0 Å². The molecule has 2 amide bonds. The van der Waals surface area contributed by atoms with Crippen molar-refractivity contribution < 1.29 is 9.59 Å². The van der Waals surface area contributed by atoms with E-state index in [4.69, 9.17) is 0 Å². The largest absolute Gasteiger partial charge is 0.342 e. The smallest absolute Gasteiger partial charge is 0.316 e. The van der Waals surface area contributed by atoms with Gasteiger partial charge < -0.3 is 10.2 Å². The molecule has 0 aromatic heterocycles. The summed E-state index contributed by atoms with van der Waals surface area (Å²) in [7, 11) is 0. The molecule has 4 saturated carbocycles. The number of rotatable bonds is 1. The number of fused-ring (bicyclic) bond motifs is 1. The normalized spacial score (nSPS) is 41.9. The number of likely N-dealkylation sites (tertiary alicyclic amines) is 1. The highest BCUT2D eigenvalue weighted by atomic mass is 16.2. The molecule has 1 atom stereocenters. The first-order valence-corrected chi connectivity index (χ1v) is 10.5. The van der Waals surface area contributed by atoms with Crippen LogP contribution in [0.1, 0.15) is 70.6 Å². The van der Waals surface area contributed by atoms with Gasteiger partial charge in [0.2, 0.25) is 0 Å². The summed E-state index contributed by atoms with van der Waals surface area (Å²) >= 11 is 0. The number of hydrogen-bond donors (Lipinski definition) is 1. The van der Waals surface area contributed by atoms with Crippen LogP contribution in [0, 0.1) is 23.7 Å². The van der Waals surface area contributed by atoms with Crippen molar-refractivity contribution in [3.63, 3.8) is 0 Å². The first-order valence-electron chi connectivity index (χ1n) is 10.5. The van der Waals surface area contributed by atoms with Crippen molar-refractivity contribution in [3.05, 3.63) is 11.8 Å². The van der Waals surface area contributed by atoms with Crippen LogP contribution in [0.5, 0.6) is 0 Å². The second-order valence-corrected chi connectivity index (χ2v) is 9.51. The average Bonchev–Trinajstić information content (AvgIpc) is 2.59. The first-order chi connectivity index (χ1) is 12.1. The van der Waals surface area contributed by atoms with E-state index in [1.807, 2.05) is 4.90 Å². The van der Waals surface area contributed by atoms with Crippen LogP contribution in [0.25, 0.3) is 0 Å². The molecule has 1 unspecified atom stereocenters. The van der Waals surface area contributed by atoms with Crippen LogP contribution >= 0.6 is 0 Å². The van der Waals surface area contributed by atoms with Crippen molar-refractivity contribution in [3.8, 4) is 0 Å². The summed E-state index contributed by atoms with van der Waals surface area (Å²) < 4.78 is 0. The summed E-state index contributed by atoms with van der Waals surface area (Å²) in [6, 6.07) is 0. The van der Waals surface area contributed by atoms with Crippen LogP contribution in [0.2, 0.25) is 0 Å². The summed E-state index contributed by atoms with van der Waals surface area (Å²) in [6.45, 7) is 0.718. The molecule has 1 heterocycles. The molecule has 0 aromatic carbocycles. The fraction of sp³-hybridized carbons (Fsp3) is 0.810. The molecular weight excluding hydrogens is 312 g/mol. The number of carbonyl (C=O) groups excluding carboxylic acids is 2. The van der Waals surface area contributed by atoms with Crippen molar-refractivity contribution in [2.24, 2.45) is 23.7 Å². The minimum Gasteiger partial charge on any atom is -0.342 e. The van der Waals surface area contributed by atoms with Crippen LogP contribution in [0.15, 0.2) is 11.8 Å². The number of hydrogen-bond acceptors (Lipinski definition) is 2. The molecule has 25 heavy (non-hydrogen) atoms. The fourth-order valence-corrected chi connectivity index (χ4v) is 7.08. The Morgan fingerprint density at radius 2 is 1.64 bits per heavy atom. The molecule has 1 saturated heterocycles. The maximum absolute atomic E-state index is 13.0. The molecule has 6 rings (SSSR count). The molecule has 0 spiro atoms. The van der Waals surface area contributed by atoms with Crippen molar-refractivity contribution in [1.29, 1.82) is 0 Å². The lowest BCUT2D eigenvalue weighted by atomic mass is 9.53. The maximum Gasteiger partial charge on any atom is 0.316 e. The van der Waals surface area contributed by atoms with E-state index in [-0.39, 0.29) is 17.4 Å². The number of nitrogens with zero attached hydrogens (tertiary/aromatic N) is 1. The third-order valence-corrected chi connectivity index (χ3v) is 7.63. The van der Waals surface area contributed by atoms with Crippen LogP contribution in [-0.2, 0) is 9.59 Å². The molecule has 1 aliphatic heterocycles. The lowest BCUT2D eigenvalue weighted by Crippen LogP contribution is -2.62. The van der Waals surface area contributed by atoms with E-state index in [9.17, 15) is 9.59 Å². The van der Waals surface area contributed by atoms with E-state index >= 15 is 0 Å². The van der Waals surface area contributed by atoms with Gasteiger partial charge >= 0.3 is 11.8 Å². The zero-order valence-electron chi connectivity index (χ0n) is 15.1. The summed E-state index contributed by atoms with van der Waals surface area (Å²) in [4.78, 5) is 27.6. The van der Waals surface area contributed by atoms with E-state index in [2.05, 4.69) is 11.4 Å². The zero-order chi connectivity index (χ0) is 17.0. The second-order valence-electron chi connectivity index (χ2n) is 9.51. The summed E-state index contributed by atoms with van der Waals surface area (Å²) in [5.74, 6) is 2.20. The molecule has 6 aliphatic rings. The third kappa shape index (κ3) is 2.72. The number of nitrogens with one attached hydrogen (secondary N) is 1. The number of amides is 2. The van der Waals surface area contributed by atoms with Gasteiger partial charge in [0.1, 0.15) is 0 Å². The minimum absolute atomic E-state index is 0.0718. The lowest BCUT2D eigenvalue weighted by Gasteiger charge is -2.56. The Bertz CT molecular complexity index is 588. The standard InChI is InChI=1S/C21H30N2O2/c24-19(20(25)23-7-3-5-17-4-1-2-6-18(17)23)22-21-11-14-8-15(12-21)10-16(9-14)13-21/h6,14-17H,1-5,7-13H2,(H,22,24). The monoisotopic (exact) mass is 342 g/mol. The zero-order valence-corrected chi connectivity index (χ0v) is 15.1. The fourth-order valence-electron chi connectivity index (χ4n) is 7.08. The van der Waals surface area contributed by atoms with Crippen LogP contribution < -0.4 is 5.32 Å². The van der Waals surface area contributed by atoms with Crippen LogP contribution in [0.3, 0.4) is 0 Å². The summed E-state index contributed by atoms with van der Waals surface area (Å²) in [6.07, 6.45) is 15.2. The molecule has 1 N–H and O–H groups in total. The van der Waals surface area contributed by atoms with Gasteiger partial charge in [0, 0.05) is 17.8 Å². The van der Waals surface area contributed by atoms with Gasteiger partial charge in [-0.25, -0.2) is 0 Å². The number of piperidine rings is 1. The molecule has 5 fully saturated rings.